The zero-order valence-corrected chi connectivity index (χ0v) is 15.2. The number of amides is 2. The van der Waals surface area contributed by atoms with Crippen molar-refractivity contribution >= 4 is 33.4 Å². The van der Waals surface area contributed by atoms with Crippen LogP contribution in [0.5, 0.6) is 0 Å². The lowest BCUT2D eigenvalue weighted by atomic mass is 10.2. The van der Waals surface area contributed by atoms with Crippen LogP contribution in [0.2, 0.25) is 0 Å². The minimum Gasteiger partial charge on any atom is -0.467 e. The molecule has 10 heteroatoms. The Morgan fingerprint density at radius 2 is 2.11 bits per heavy atom. The van der Waals surface area contributed by atoms with Crippen LogP contribution in [0.1, 0.15) is 31.6 Å². The molecule has 4 aromatic rings. The molecule has 0 radical (unpaired) electrons. The number of carbonyl (C=O) groups excluding carboxylic acids is 2. The van der Waals surface area contributed by atoms with Crippen molar-refractivity contribution in [1.82, 2.24) is 30.6 Å². The molecular weight excluding hydrogens is 368 g/mol. The van der Waals surface area contributed by atoms with Crippen molar-refractivity contribution < 1.29 is 14.0 Å². The first-order valence-corrected chi connectivity index (χ1v) is 8.97. The number of aromatic amines is 1. The lowest BCUT2D eigenvalue weighted by Crippen LogP contribution is -2.23. The summed E-state index contributed by atoms with van der Waals surface area (Å²) in [5.41, 5.74) is 1.08. The fourth-order valence-corrected chi connectivity index (χ4v) is 3.67. The standard InChI is InChI=1S/C17H16N6O3S/c1-23-17-11(13(22-23)9-19-15(24)12-4-5-20-21-12)7-14(27-17)16(25)18-8-10-3-2-6-26-10/h2-7H,8-9H2,1H3,(H,18,25)(H,19,24)(H,20,21). The van der Waals surface area contributed by atoms with Gasteiger partial charge >= 0.3 is 0 Å². The molecule has 0 saturated carbocycles. The van der Waals surface area contributed by atoms with Crippen LogP contribution in [0.25, 0.3) is 10.2 Å². The molecule has 3 N–H and O–H groups in total. The number of furan rings is 1. The van der Waals surface area contributed by atoms with Crippen molar-refractivity contribution in [3.63, 3.8) is 0 Å². The van der Waals surface area contributed by atoms with Crippen LogP contribution in [-0.4, -0.2) is 31.8 Å². The van der Waals surface area contributed by atoms with Gasteiger partial charge in [-0.1, -0.05) is 0 Å². The van der Waals surface area contributed by atoms with Gasteiger partial charge in [0.15, 0.2) is 0 Å². The molecular formula is C17H16N6O3S. The van der Waals surface area contributed by atoms with E-state index in [1.807, 2.05) is 7.05 Å². The first-order valence-electron chi connectivity index (χ1n) is 8.15. The zero-order valence-electron chi connectivity index (χ0n) is 14.4. The summed E-state index contributed by atoms with van der Waals surface area (Å²) < 4.78 is 6.92. The van der Waals surface area contributed by atoms with Gasteiger partial charge in [0.25, 0.3) is 11.8 Å². The Balaban J connectivity index is 1.48. The van der Waals surface area contributed by atoms with Gasteiger partial charge in [-0.2, -0.15) is 10.2 Å². The Morgan fingerprint density at radius 3 is 2.85 bits per heavy atom. The van der Waals surface area contributed by atoms with Gasteiger partial charge in [0.1, 0.15) is 16.3 Å². The molecule has 0 saturated heterocycles. The van der Waals surface area contributed by atoms with Gasteiger partial charge in [0.2, 0.25) is 0 Å². The van der Waals surface area contributed by atoms with E-state index in [0.29, 0.717) is 28.6 Å². The van der Waals surface area contributed by atoms with E-state index in [1.165, 1.54) is 17.5 Å². The maximum Gasteiger partial charge on any atom is 0.269 e. The Labute approximate surface area is 157 Å². The molecule has 2 amide bonds. The third kappa shape index (κ3) is 3.47. The van der Waals surface area contributed by atoms with Crippen molar-refractivity contribution in [2.24, 2.45) is 7.05 Å². The van der Waals surface area contributed by atoms with Crippen molar-refractivity contribution in [3.05, 3.63) is 58.8 Å². The quantitative estimate of drug-likeness (QED) is 0.469. The van der Waals surface area contributed by atoms with Crippen LogP contribution >= 0.6 is 11.3 Å². The maximum atomic E-state index is 12.4. The molecule has 0 atom stereocenters. The van der Waals surface area contributed by atoms with Crippen LogP contribution in [0.15, 0.2) is 41.1 Å². The van der Waals surface area contributed by atoms with Gasteiger partial charge in [0, 0.05) is 18.6 Å². The zero-order chi connectivity index (χ0) is 18.8. The smallest absolute Gasteiger partial charge is 0.269 e. The van der Waals surface area contributed by atoms with Gasteiger partial charge in [0.05, 0.1) is 29.9 Å². The molecule has 0 unspecified atom stereocenters. The molecule has 0 fully saturated rings. The summed E-state index contributed by atoms with van der Waals surface area (Å²) >= 11 is 1.35. The van der Waals surface area contributed by atoms with E-state index in [4.69, 9.17) is 4.42 Å². The second-order valence-electron chi connectivity index (χ2n) is 5.81. The number of aryl methyl sites for hydroxylation is 1. The molecule has 4 rings (SSSR count). The summed E-state index contributed by atoms with van der Waals surface area (Å²) in [7, 11) is 1.81. The predicted octanol–water partition coefficient (Wildman–Crippen LogP) is 1.81. The molecule has 9 nitrogen and oxygen atoms in total. The molecule has 0 aliphatic heterocycles. The second-order valence-corrected chi connectivity index (χ2v) is 6.85. The number of hydrogen-bond donors (Lipinski definition) is 3. The van der Waals surface area contributed by atoms with Crippen LogP contribution < -0.4 is 10.6 Å². The number of rotatable bonds is 6. The van der Waals surface area contributed by atoms with Crippen LogP contribution in [0, 0.1) is 0 Å². The van der Waals surface area contributed by atoms with Gasteiger partial charge in [-0.05, 0) is 24.3 Å². The van der Waals surface area contributed by atoms with E-state index < -0.39 is 0 Å². The molecule has 138 valence electrons. The number of thiophene rings is 1. The summed E-state index contributed by atoms with van der Waals surface area (Å²) in [6.07, 6.45) is 3.08. The van der Waals surface area contributed by atoms with Gasteiger partial charge < -0.3 is 15.1 Å². The molecule has 0 spiro atoms. The third-order valence-corrected chi connectivity index (χ3v) is 5.18. The average Bonchev–Trinajstić information content (AvgIpc) is 3.44. The summed E-state index contributed by atoms with van der Waals surface area (Å²) in [5, 5.41) is 17.3. The predicted molar refractivity (Wildman–Crippen MR) is 98.2 cm³/mol. The van der Waals surface area contributed by atoms with E-state index >= 15 is 0 Å². The lowest BCUT2D eigenvalue weighted by molar-refractivity contribution is 0.0940. The lowest BCUT2D eigenvalue weighted by Gasteiger charge is -2.01. The first-order chi connectivity index (χ1) is 13.1. The third-order valence-electron chi connectivity index (χ3n) is 3.98. The summed E-state index contributed by atoms with van der Waals surface area (Å²) in [4.78, 5) is 25.9. The largest absolute Gasteiger partial charge is 0.467 e. The van der Waals surface area contributed by atoms with Crippen molar-refractivity contribution in [2.75, 3.05) is 0 Å². The minimum absolute atomic E-state index is 0.181. The fourth-order valence-electron chi connectivity index (χ4n) is 2.66. The number of hydrogen-bond acceptors (Lipinski definition) is 6. The molecule has 0 aliphatic rings. The highest BCUT2D eigenvalue weighted by atomic mass is 32.1. The highest BCUT2D eigenvalue weighted by Gasteiger charge is 2.18. The average molecular weight is 384 g/mol. The number of H-pyrrole nitrogens is 1. The van der Waals surface area contributed by atoms with E-state index in [0.717, 1.165) is 10.2 Å². The summed E-state index contributed by atoms with van der Waals surface area (Å²) in [6, 6.07) is 6.96. The SMILES string of the molecule is Cn1nc(CNC(=O)c2ccn[nH]2)c2cc(C(=O)NCc3ccco3)sc21. The molecule has 4 heterocycles. The normalized spacial score (nSPS) is 11.0. The van der Waals surface area contributed by atoms with Crippen LogP contribution in [0.3, 0.4) is 0 Å². The summed E-state index contributed by atoms with van der Waals surface area (Å²) in [5.74, 6) is 0.242. The highest BCUT2D eigenvalue weighted by molar-refractivity contribution is 7.20. The van der Waals surface area contributed by atoms with Crippen molar-refractivity contribution in [2.45, 2.75) is 13.1 Å². The molecule has 0 aliphatic carbocycles. The van der Waals surface area contributed by atoms with Crippen LogP contribution in [0.4, 0.5) is 0 Å². The topological polar surface area (TPSA) is 118 Å². The van der Waals surface area contributed by atoms with E-state index in [1.54, 1.807) is 35.2 Å². The van der Waals surface area contributed by atoms with E-state index in [-0.39, 0.29) is 18.4 Å². The second kappa shape index (κ2) is 7.08. The molecule has 27 heavy (non-hydrogen) atoms. The fraction of sp³-hybridized carbons (Fsp3) is 0.176. The van der Waals surface area contributed by atoms with Crippen molar-refractivity contribution in [3.8, 4) is 0 Å². The highest BCUT2D eigenvalue weighted by Crippen LogP contribution is 2.28. The minimum atomic E-state index is -0.266. The number of nitrogens with one attached hydrogen (secondary N) is 3. The Hall–Kier alpha value is -3.40. The number of carbonyl (C=O) groups is 2. The number of aromatic nitrogens is 4. The monoisotopic (exact) mass is 384 g/mol. The Bertz CT molecular complexity index is 1080. The van der Waals surface area contributed by atoms with Gasteiger partial charge in [-0.15, -0.1) is 11.3 Å². The molecule has 4 aromatic heterocycles. The van der Waals surface area contributed by atoms with Gasteiger partial charge in [-0.3, -0.25) is 19.4 Å². The number of nitrogens with zero attached hydrogens (tertiary/aromatic N) is 3. The van der Waals surface area contributed by atoms with E-state index in [2.05, 4.69) is 25.9 Å². The summed E-state index contributed by atoms with van der Waals surface area (Å²) in [6.45, 7) is 0.574. The Morgan fingerprint density at radius 1 is 1.26 bits per heavy atom. The Kier molecular flexibility index (Phi) is 4.47. The molecule has 0 aromatic carbocycles. The van der Waals surface area contributed by atoms with Crippen LogP contribution in [-0.2, 0) is 20.1 Å². The van der Waals surface area contributed by atoms with E-state index in [9.17, 15) is 9.59 Å². The maximum absolute atomic E-state index is 12.4. The van der Waals surface area contributed by atoms with Gasteiger partial charge in [-0.25, -0.2) is 0 Å². The number of fused-ring (bicyclic) bond motifs is 1. The first kappa shape index (κ1) is 17.0. The molecule has 0 bridgehead atoms. The van der Waals surface area contributed by atoms with Crippen molar-refractivity contribution in [1.29, 1.82) is 0 Å².